The molecule has 0 bridgehead atoms. The summed E-state index contributed by atoms with van der Waals surface area (Å²) in [5, 5.41) is 14.7. The number of carbonyl (C=O) groups excluding carboxylic acids is 2. The number of rotatable bonds is 10. The Labute approximate surface area is 208 Å². The third-order valence-corrected chi connectivity index (χ3v) is 4.99. The topological polar surface area (TPSA) is 129 Å². The molecular formula is C24H20BrN3O7. The van der Waals surface area contributed by atoms with Gasteiger partial charge in [0.25, 0.3) is 11.6 Å². The molecule has 0 saturated heterocycles. The maximum Gasteiger partial charge on any atom is 0.343 e. The van der Waals surface area contributed by atoms with E-state index in [2.05, 4.69) is 26.5 Å². The number of nitrogens with zero attached hydrogens (tertiary/aromatic N) is 2. The van der Waals surface area contributed by atoms with Crippen LogP contribution in [0.1, 0.15) is 22.8 Å². The van der Waals surface area contributed by atoms with Crippen molar-refractivity contribution in [1.29, 1.82) is 0 Å². The molecule has 0 heterocycles. The van der Waals surface area contributed by atoms with Gasteiger partial charge in [0, 0.05) is 12.1 Å². The van der Waals surface area contributed by atoms with Crippen LogP contribution in [0.2, 0.25) is 0 Å². The molecule has 0 atom stereocenters. The Balaban J connectivity index is 1.58. The van der Waals surface area contributed by atoms with Crippen molar-refractivity contribution in [3.63, 3.8) is 0 Å². The fourth-order valence-electron chi connectivity index (χ4n) is 2.77. The number of amides is 1. The predicted molar refractivity (Wildman–Crippen MR) is 131 cm³/mol. The summed E-state index contributed by atoms with van der Waals surface area (Å²) < 4.78 is 16.7. The molecule has 1 N–H and O–H groups in total. The van der Waals surface area contributed by atoms with Crippen LogP contribution in [-0.2, 0) is 4.79 Å². The Hall–Kier alpha value is -4.25. The summed E-state index contributed by atoms with van der Waals surface area (Å²) in [6.07, 6.45) is 1.39. The molecule has 0 spiro atoms. The van der Waals surface area contributed by atoms with E-state index in [1.807, 2.05) is 0 Å². The maximum absolute atomic E-state index is 12.3. The summed E-state index contributed by atoms with van der Waals surface area (Å²) in [5.74, 6) is -0.177. The normalized spacial score (nSPS) is 10.6. The molecular weight excluding hydrogens is 522 g/mol. The van der Waals surface area contributed by atoms with Crippen molar-refractivity contribution in [1.82, 2.24) is 5.43 Å². The standard InChI is InChI=1S/C24H20BrN3O7/c1-2-33-22-12-16(8-10-21(22)35-24(30)17-6-4-3-5-7-17)14-26-27-23(29)15-34-20-11-9-18(28(31)32)13-19(20)25/h3-14H,2,15H2,1H3,(H,27,29)/b26-14+. The molecule has 0 unspecified atom stereocenters. The van der Waals surface area contributed by atoms with Crippen molar-refractivity contribution in [3.05, 3.63) is 92.4 Å². The number of non-ortho nitro benzene ring substituents is 1. The lowest BCUT2D eigenvalue weighted by molar-refractivity contribution is -0.385. The van der Waals surface area contributed by atoms with Gasteiger partial charge < -0.3 is 14.2 Å². The van der Waals surface area contributed by atoms with E-state index in [0.29, 0.717) is 28.0 Å². The Bertz CT molecular complexity index is 1250. The van der Waals surface area contributed by atoms with E-state index in [1.165, 1.54) is 24.4 Å². The summed E-state index contributed by atoms with van der Waals surface area (Å²) in [6, 6.07) is 17.4. The second-order valence-corrected chi connectivity index (χ2v) is 7.70. The van der Waals surface area contributed by atoms with E-state index in [9.17, 15) is 19.7 Å². The summed E-state index contributed by atoms with van der Waals surface area (Å²) in [7, 11) is 0. The van der Waals surface area contributed by atoms with Crippen molar-refractivity contribution >= 4 is 39.7 Å². The van der Waals surface area contributed by atoms with Crippen LogP contribution in [0.5, 0.6) is 17.2 Å². The molecule has 0 fully saturated rings. The average Bonchev–Trinajstić information content (AvgIpc) is 2.85. The minimum Gasteiger partial charge on any atom is -0.490 e. The largest absolute Gasteiger partial charge is 0.490 e. The molecule has 0 aromatic heterocycles. The quantitative estimate of drug-likeness (QED) is 0.131. The minimum atomic E-state index is -0.537. The van der Waals surface area contributed by atoms with Crippen LogP contribution in [-0.4, -0.2) is 36.2 Å². The summed E-state index contributed by atoms with van der Waals surface area (Å²) >= 11 is 3.17. The molecule has 3 aromatic rings. The third-order valence-electron chi connectivity index (χ3n) is 4.37. The molecule has 35 heavy (non-hydrogen) atoms. The smallest absolute Gasteiger partial charge is 0.343 e. The molecule has 3 aromatic carbocycles. The highest BCUT2D eigenvalue weighted by Crippen LogP contribution is 2.30. The number of nitrogens with one attached hydrogen (secondary N) is 1. The summed E-state index contributed by atoms with van der Waals surface area (Å²) in [4.78, 5) is 34.6. The monoisotopic (exact) mass is 541 g/mol. The molecule has 1 amide bonds. The minimum absolute atomic E-state index is 0.106. The van der Waals surface area contributed by atoms with Crippen LogP contribution in [0, 0.1) is 10.1 Å². The van der Waals surface area contributed by atoms with E-state index in [0.717, 1.165) is 0 Å². The molecule has 0 radical (unpaired) electrons. The SMILES string of the molecule is CCOc1cc(/C=N/NC(=O)COc2ccc([N+](=O)[O-])cc2Br)ccc1OC(=O)c1ccccc1. The number of halogens is 1. The van der Waals surface area contributed by atoms with Crippen LogP contribution >= 0.6 is 15.9 Å². The van der Waals surface area contributed by atoms with E-state index in [-0.39, 0.29) is 23.8 Å². The molecule has 10 nitrogen and oxygen atoms in total. The van der Waals surface area contributed by atoms with Gasteiger partial charge >= 0.3 is 5.97 Å². The summed E-state index contributed by atoms with van der Waals surface area (Å²) in [6.45, 7) is 1.79. The lowest BCUT2D eigenvalue weighted by Gasteiger charge is -2.11. The number of benzene rings is 3. The highest BCUT2D eigenvalue weighted by atomic mass is 79.9. The van der Waals surface area contributed by atoms with E-state index >= 15 is 0 Å². The molecule has 0 aliphatic heterocycles. The molecule has 0 aliphatic carbocycles. The number of nitro benzene ring substituents is 1. The van der Waals surface area contributed by atoms with Crippen molar-refractivity contribution in [2.75, 3.05) is 13.2 Å². The Morgan fingerprint density at radius 1 is 1.03 bits per heavy atom. The van der Waals surface area contributed by atoms with Crippen LogP contribution in [0.3, 0.4) is 0 Å². The predicted octanol–water partition coefficient (Wildman–Crippen LogP) is 4.50. The number of esters is 1. The summed E-state index contributed by atoms with van der Waals surface area (Å²) in [5.41, 5.74) is 3.22. The van der Waals surface area contributed by atoms with E-state index in [4.69, 9.17) is 14.2 Å². The first kappa shape index (κ1) is 25.4. The van der Waals surface area contributed by atoms with Gasteiger partial charge in [-0.05, 0) is 64.8 Å². The van der Waals surface area contributed by atoms with Gasteiger partial charge in [0.15, 0.2) is 18.1 Å². The fraction of sp³-hybridized carbons (Fsp3) is 0.125. The zero-order valence-corrected chi connectivity index (χ0v) is 20.1. The van der Waals surface area contributed by atoms with Crippen LogP contribution in [0.4, 0.5) is 5.69 Å². The van der Waals surface area contributed by atoms with E-state index in [1.54, 1.807) is 55.5 Å². The van der Waals surface area contributed by atoms with Crippen LogP contribution in [0.25, 0.3) is 0 Å². The number of carbonyl (C=O) groups is 2. The number of hydrogen-bond acceptors (Lipinski definition) is 8. The van der Waals surface area contributed by atoms with Gasteiger partial charge in [-0.25, -0.2) is 10.2 Å². The van der Waals surface area contributed by atoms with Gasteiger partial charge in [0.1, 0.15) is 5.75 Å². The molecule has 0 saturated carbocycles. The lowest BCUT2D eigenvalue weighted by atomic mass is 10.2. The van der Waals surface area contributed by atoms with Gasteiger partial charge in [-0.2, -0.15) is 5.10 Å². The third kappa shape index (κ3) is 7.37. The number of hydrogen-bond donors (Lipinski definition) is 1. The highest BCUT2D eigenvalue weighted by molar-refractivity contribution is 9.10. The fourth-order valence-corrected chi connectivity index (χ4v) is 3.25. The van der Waals surface area contributed by atoms with Gasteiger partial charge in [-0.15, -0.1) is 0 Å². The van der Waals surface area contributed by atoms with Crippen molar-refractivity contribution < 1.29 is 28.7 Å². The van der Waals surface area contributed by atoms with Crippen LogP contribution in [0.15, 0.2) is 76.3 Å². The Morgan fingerprint density at radius 2 is 1.77 bits per heavy atom. The maximum atomic E-state index is 12.3. The Kier molecular flexibility index (Phi) is 8.90. The number of hydrazone groups is 1. The zero-order valence-electron chi connectivity index (χ0n) is 18.5. The lowest BCUT2D eigenvalue weighted by Crippen LogP contribution is -2.24. The Morgan fingerprint density at radius 3 is 2.46 bits per heavy atom. The van der Waals surface area contributed by atoms with Gasteiger partial charge in [0.2, 0.25) is 0 Å². The van der Waals surface area contributed by atoms with Crippen LogP contribution < -0.4 is 19.6 Å². The first-order valence-electron chi connectivity index (χ1n) is 10.3. The van der Waals surface area contributed by atoms with E-state index < -0.39 is 16.8 Å². The highest BCUT2D eigenvalue weighted by Gasteiger charge is 2.13. The first-order chi connectivity index (χ1) is 16.9. The molecule has 180 valence electrons. The van der Waals surface area contributed by atoms with Gasteiger partial charge in [0.05, 0.1) is 27.8 Å². The van der Waals surface area contributed by atoms with Crippen molar-refractivity contribution in [2.45, 2.75) is 6.92 Å². The molecule has 11 heteroatoms. The number of ether oxygens (including phenoxy) is 3. The van der Waals surface area contributed by atoms with Crippen molar-refractivity contribution in [3.8, 4) is 17.2 Å². The zero-order chi connectivity index (χ0) is 25.2. The first-order valence-corrected chi connectivity index (χ1v) is 11.1. The van der Waals surface area contributed by atoms with Gasteiger partial charge in [-0.3, -0.25) is 14.9 Å². The van der Waals surface area contributed by atoms with Gasteiger partial charge in [-0.1, -0.05) is 18.2 Å². The second kappa shape index (κ2) is 12.3. The second-order valence-electron chi connectivity index (χ2n) is 6.85. The molecule has 3 rings (SSSR count). The van der Waals surface area contributed by atoms with Crippen molar-refractivity contribution in [2.24, 2.45) is 5.10 Å². The number of nitro groups is 1. The molecule has 0 aliphatic rings. The average molecular weight is 542 g/mol.